The molecule has 1 aromatic heterocycles. The highest BCUT2D eigenvalue weighted by atomic mass is 19.4. The van der Waals surface area contributed by atoms with Gasteiger partial charge in [-0.2, -0.15) is 18.3 Å². The topological polar surface area (TPSA) is 52.0 Å². The molecule has 1 aliphatic rings. The molecule has 2 rings (SSSR count). The van der Waals surface area contributed by atoms with Crippen LogP contribution in [0, 0.1) is 5.92 Å². The summed E-state index contributed by atoms with van der Waals surface area (Å²) in [5.74, 6) is -1.22. The van der Waals surface area contributed by atoms with E-state index in [1.807, 2.05) is 0 Å². The number of carbonyl (C=O) groups excluding carboxylic acids is 2. The minimum Gasteiger partial charge on any atom is -0.299 e. The number of halogens is 3. The molecule has 0 aliphatic heterocycles. The van der Waals surface area contributed by atoms with E-state index in [0.29, 0.717) is 0 Å². The molecule has 0 aromatic carbocycles. The van der Waals surface area contributed by atoms with Gasteiger partial charge >= 0.3 is 6.18 Å². The molecule has 0 bridgehead atoms. The van der Waals surface area contributed by atoms with Crippen molar-refractivity contribution in [2.45, 2.75) is 38.9 Å². The maximum Gasteiger partial charge on any atom is 0.435 e. The number of ketones is 2. The summed E-state index contributed by atoms with van der Waals surface area (Å²) >= 11 is 0. The molecule has 0 unspecified atom stereocenters. The fraction of sp³-hybridized carbons (Fsp3) is 0.583. The molecule has 0 saturated heterocycles. The van der Waals surface area contributed by atoms with Gasteiger partial charge in [0, 0.05) is 18.7 Å². The van der Waals surface area contributed by atoms with Gasteiger partial charge in [0.05, 0.1) is 12.0 Å². The second kappa shape index (κ2) is 4.79. The summed E-state index contributed by atoms with van der Waals surface area (Å²) in [4.78, 5) is 23.3. The second-order valence-electron chi connectivity index (χ2n) is 4.59. The summed E-state index contributed by atoms with van der Waals surface area (Å²) in [5, 5.41) is 3.35. The van der Waals surface area contributed by atoms with Gasteiger partial charge in [0.15, 0.2) is 11.5 Å². The number of nitrogens with zero attached hydrogens (tertiary/aromatic N) is 2. The number of alkyl halides is 3. The lowest BCUT2D eigenvalue weighted by molar-refractivity contribution is -0.141. The van der Waals surface area contributed by atoms with Gasteiger partial charge in [-0.25, -0.2) is 0 Å². The molecule has 0 N–H and O–H groups in total. The summed E-state index contributed by atoms with van der Waals surface area (Å²) in [6.45, 7) is 1.85. The highest BCUT2D eigenvalue weighted by molar-refractivity contribution is 6.09. The molecule has 0 amide bonds. The van der Waals surface area contributed by atoms with Gasteiger partial charge in [0.1, 0.15) is 5.78 Å². The molecule has 104 valence electrons. The van der Waals surface area contributed by atoms with E-state index in [1.54, 1.807) is 6.92 Å². The van der Waals surface area contributed by atoms with Gasteiger partial charge in [0.2, 0.25) is 0 Å². The Kier molecular flexibility index (Phi) is 3.47. The van der Waals surface area contributed by atoms with Crippen molar-refractivity contribution in [2.75, 3.05) is 0 Å². The number of Topliss-reactive ketones (excluding diaryl/α,β-unsaturated/α-hetero) is 2. The Balaban J connectivity index is 2.24. The standard InChI is InChI=1S/C12H13F3N2O2/c1-2-17-6-8(11(16-17)12(13,14)15)10(19)5-9(18)7-3-4-7/h6-7H,2-5H2,1H3. The third-order valence-electron chi connectivity index (χ3n) is 3.02. The molecule has 1 heterocycles. The van der Waals surface area contributed by atoms with Crippen LogP contribution in [0.2, 0.25) is 0 Å². The minimum atomic E-state index is -4.69. The van der Waals surface area contributed by atoms with Gasteiger partial charge in [-0.3, -0.25) is 14.3 Å². The smallest absolute Gasteiger partial charge is 0.299 e. The van der Waals surface area contributed by atoms with Crippen LogP contribution in [0.4, 0.5) is 13.2 Å². The Morgan fingerprint density at radius 1 is 1.42 bits per heavy atom. The first-order valence-corrected chi connectivity index (χ1v) is 6.03. The Hall–Kier alpha value is -1.66. The monoisotopic (exact) mass is 274 g/mol. The van der Waals surface area contributed by atoms with Crippen LogP contribution in [-0.2, 0) is 17.5 Å². The lowest BCUT2D eigenvalue weighted by atomic mass is 10.0. The van der Waals surface area contributed by atoms with E-state index in [-0.39, 0.29) is 18.2 Å². The molecule has 1 saturated carbocycles. The van der Waals surface area contributed by atoms with E-state index in [9.17, 15) is 22.8 Å². The molecule has 0 spiro atoms. The lowest BCUT2D eigenvalue weighted by Crippen LogP contribution is -2.15. The summed E-state index contributed by atoms with van der Waals surface area (Å²) in [5.41, 5.74) is -1.72. The number of aromatic nitrogens is 2. The highest BCUT2D eigenvalue weighted by Gasteiger charge is 2.40. The first kappa shape index (κ1) is 13.8. The van der Waals surface area contributed by atoms with E-state index < -0.39 is 29.6 Å². The van der Waals surface area contributed by atoms with Crippen LogP contribution in [-0.4, -0.2) is 21.3 Å². The summed E-state index contributed by atoms with van der Waals surface area (Å²) < 4.78 is 39.3. The first-order chi connectivity index (χ1) is 8.82. The Labute approximate surface area is 107 Å². The van der Waals surface area contributed by atoms with Crippen molar-refractivity contribution in [1.29, 1.82) is 0 Å². The zero-order valence-corrected chi connectivity index (χ0v) is 10.3. The minimum absolute atomic E-state index is 0.139. The van der Waals surface area contributed by atoms with E-state index in [2.05, 4.69) is 5.10 Å². The highest BCUT2D eigenvalue weighted by Crippen LogP contribution is 2.33. The van der Waals surface area contributed by atoms with E-state index in [0.717, 1.165) is 23.7 Å². The number of hydrogen-bond donors (Lipinski definition) is 0. The van der Waals surface area contributed by atoms with Crippen LogP contribution in [0.25, 0.3) is 0 Å². The maximum atomic E-state index is 12.8. The van der Waals surface area contributed by atoms with Crippen molar-refractivity contribution in [3.05, 3.63) is 17.5 Å². The van der Waals surface area contributed by atoms with Gasteiger partial charge in [-0.15, -0.1) is 0 Å². The van der Waals surface area contributed by atoms with Crippen LogP contribution in [0.5, 0.6) is 0 Å². The van der Waals surface area contributed by atoms with Crippen LogP contribution in [0.15, 0.2) is 6.20 Å². The summed E-state index contributed by atoms with van der Waals surface area (Å²) in [6, 6.07) is 0. The van der Waals surface area contributed by atoms with Gasteiger partial charge in [0.25, 0.3) is 0 Å². The number of rotatable bonds is 5. The van der Waals surface area contributed by atoms with Gasteiger partial charge < -0.3 is 0 Å². The van der Waals surface area contributed by atoms with Crippen molar-refractivity contribution in [3.63, 3.8) is 0 Å². The Morgan fingerprint density at radius 2 is 2.05 bits per heavy atom. The summed E-state index contributed by atoms with van der Waals surface area (Å²) in [6.07, 6.45) is -2.64. The zero-order valence-electron chi connectivity index (χ0n) is 10.3. The molecule has 19 heavy (non-hydrogen) atoms. The molecular formula is C12H13F3N2O2. The second-order valence-corrected chi connectivity index (χ2v) is 4.59. The molecule has 7 heteroatoms. The van der Waals surface area contributed by atoms with Crippen LogP contribution in [0.1, 0.15) is 42.2 Å². The van der Waals surface area contributed by atoms with Crippen molar-refractivity contribution < 1.29 is 22.8 Å². The molecule has 1 fully saturated rings. The van der Waals surface area contributed by atoms with Crippen molar-refractivity contribution in [2.24, 2.45) is 5.92 Å². The quantitative estimate of drug-likeness (QED) is 0.612. The lowest BCUT2D eigenvalue weighted by Gasteiger charge is -2.04. The Bertz CT molecular complexity index is 516. The van der Waals surface area contributed by atoms with Crippen molar-refractivity contribution in [3.8, 4) is 0 Å². The fourth-order valence-corrected chi connectivity index (χ4v) is 1.80. The molecule has 1 aliphatic carbocycles. The molecule has 0 radical (unpaired) electrons. The predicted molar refractivity (Wildman–Crippen MR) is 59.6 cm³/mol. The fourth-order valence-electron chi connectivity index (χ4n) is 1.80. The van der Waals surface area contributed by atoms with E-state index in [4.69, 9.17) is 0 Å². The summed E-state index contributed by atoms with van der Waals surface area (Å²) in [7, 11) is 0. The molecule has 0 atom stereocenters. The van der Waals surface area contributed by atoms with Crippen LogP contribution < -0.4 is 0 Å². The van der Waals surface area contributed by atoms with E-state index in [1.165, 1.54) is 0 Å². The number of aryl methyl sites for hydroxylation is 1. The average molecular weight is 274 g/mol. The number of carbonyl (C=O) groups is 2. The third kappa shape index (κ3) is 3.02. The van der Waals surface area contributed by atoms with Crippen LogP contribution in [0.3, 0.4) is 0 Å². The largest absolute Gasteiger partial charge is 0.435 e. The zero-order chi connectivity index (χ0) is 14.2. The molecule has 4 nitrogen and oxygen atoms in total. The van der Waals surface area contributed by atoms with Gasteiger partial charge in [-0.1, -0.05) is 0 Å². The molecular weight excluding hydrogens is 261 g/mol. The normalized spacial score (nSPS) is 15.6. The predicted octanol–water partition coefficient (Wildman–Crippen LogP) is 2.47. The third-order valence-corrected chi connectivity index (χ3v) is 3.02. The maximum absolute atomic E-state index is 12.8. The average Bonchev–Trinajstić information content (AvgIpc) is 3.06. The van der Waals surface area contributed by atoms with Crippen molar-refractivity contribution >= 4 is 11.6 Å². The Morgan fingerprint density at radius 3 is 2.53 bits per heavy atom. The first-order valence-electron chi connectivity index (χ1n) is 6.03. The van der Waals surface area contributed by atoms with E-state index >= 15 is 0 Å². The molecule has 1 aromatic rings. The van der Waals surface area contributed by atoms with Crippen LogP contribution >= 0.6 is 0 Å². The van der Waals surface area contributed by atoms with Crippen molar-refractivity contribution in [1.82, 2.24) is 9.78 Å². The SMILES string of the molecule is CCn1cc(C(=O)CC(=O)C2CC2)c(C(F)(F)F)n1. The van der Waals surface area contributed by atoms with Gasteiger partial charge in [-0.05, 0) is 19.8 Å². The number of hydrogen-bond acceptors (Lipinski definition) is 3.